The van der Waals surface area contributed by atoms with E-state index in [0.717, 1.165) is 27.8 Å². The number of hydrogen-bond donors (Lipinski definition) is 2. The molecule has 4 aromatic rings. The van der Waals surface area contributed by atoms with Gasteiger partial charge in [0.05, 0.1) is 12.8 Å². The number of aromatic nitrogens is 1. The highest BCUT2D eigenvalue weighted by atomic mass is 32.1. The second kappa shape index (κ2) is 8.80. The van der Waals surface area contributed by atoms with Gasteiger partial charge in [0.2, 0.25) is 0 Å². The van der Waals surface area contributed by atoms with Crippen LogP contribution in [0.25, 0.3) is 11.3 Å². The fourth-order valence-corrected chi connectivity index (χ4v) is 3.75. The van der Waals surface area contributed by atoms with Crippen molar-refractivity contribution in [1.82, 2.24) is 4.98 Å². The molecule has 0 spiro atoms. The highest BCUT2D eigenvalue weighted by molar-refractivity contribution is 7.14. The number of aryl methyl sites for hydroxylation is 1. The summed E-state index contributed by atoms with van der Waals surface area (Å²) in [6.45, 7) is 2.06. The van der Waals surface area contributed by atoms with Gasteiger partial charge in [-0.05, 0) is 61.0 Å². The third-order valence-corrected chi connectivity index (χ3v) is 5.30. The zero-order valence-electron chi connectivity index (χ0n) is 16.7. The molecule has 0 aliphatic carbocycles. The van der Waals surface area contributed by atoms with Crippen molar-refractivity contribution in [3.8, 4) is 17.0 Å². The number of carbonyl (C=O) groups is 1. The van der Waals surface area contributed by atoms with E-state index < -0.39 is 0 Å². The molecule has 1 amide bonds. The summed E-state index contributed by atoms with van der Waals surface area (Å²) in [6.07, 6.45) is 0. The second-order valence-electron chi connectivity index (χ2n) is 6.80. The van der Waals surface area contributed by atoms with E-state index >= 15 is 0 Å². The van der Waals surface area contributed by atoms with Crippen LogP contribution in [0.3, 0.4) is 0 Å². The van der Waals surface area contributed by atoms with Crippen molar-refractivity contribution in [2.75, 3.05) is 17.7 Å². The average Bonchev–Trinajstić information content (AvgIpc) is 3.22. The summed E-state index contributed by atoms with van der Waals surface area (Å²) in [7, 11) is 1.60. The van der Waals surface area contributed by atoms with Crippen molar-refractivity contribution in [1.29, 1.82) is 0 Å². The summed E-state index contributed by atoms with van der Waals surface area (Å²) in [5.41, 5.74) is 5.29. The van der Waals surface area contributed by atoms with Gasteiger partial charge in [0.1, 0.15) is 5.75 Å². The first kappa shape index (κ1) is 19.7. The molecule has 0 saturated heterocycles. The quantitative estimate of drug-likeness (QED) is 0.398. The molecule has 4 rings (SSSR count). The van der Waals surface area contributed by atoms with Gasteiger partial charge in [0.15, 0.2) is 5.13 Å². The van der Waals surface area contributed by atoms with Crippen LogP contribution in [-0.2, 0) is 0 Å². The van der Waals surface area contributed by atoms with E-state index in [9.17, 15) is 4.79 Å². The standard InChI is InChI=1S/C24H21N3O2S/c1-16-5-3-7-19(13-16)26-24-27-22(15-30-24)18-6-4-8-20(14-18)25-23(28)17-9-11-21(29-2)12-10-17/h3-15H,1-2H3,(H,25,28)(H,26,27). The number of methoxy groups -OCH3 is 1. The van der Waals surface area contributed by atoms with Crippen LogP contribution in [0.4, 0.5) is 16.5 Å². The Labute approximate surface area is 179 Å². The fraction of sp³-hybridized carbons (Fsp3) is 0.0833. The number of anilines is 3. The van der Waals surface area contributed by atoms with Crippen LogP contribution < -0.4 is 15.4 Å². The van der Waals surface area contributed by atoms with Crippen LogP contribution in [0.2, 0.25) is 0 Å². The first-order valence-electron chi connectivity index (χ1n) is 9.46. The number of nitrogens with zero attached hydrogens (tertiary/aromatic N) is 1. The van der Waals surface area contributed by atoms with Crippen molar-refractivity contribution < 1.29 is 9.53 Å². The Kier molecular flexibility index (Phi) is 5.77. The highest BCUT2D eigenvalue weighted by Crippen LogP contribution is 2.29. The smallest absolute Gasteiger partial charge is 0.255 e. The fourth-order valence-electron chi connectivity index (χ4n) is 3.01. The first-order chi connectivity index (χ1) is 14.6. The van der Waals surface area contributed by atoms with E-state index in [0.29, 0.717) is 11.3 Å². The second-order valence-corrected chi connectivity index (χ2v) is 7.65. The van der Waals surface area contributed by atoms with Gasteiger partial charge in [-0.15, -0.1) is 11.3 Å². The molecule has 0 aliphatic heterocycles. The van der Waals surface area contributed by atoms with Crippen LogP contribution >= 0.6 is 11.3 Å². The van der Waals surface area contributed by atoms with E-state index in [1.807, 2.05) is 41.8 Å². The predicted octanol–water partition coefficient (Wildman–Crippen LogP) is 6.12. The van der Waals surface area contributed by atoms with Gasteiger partial charge >= 0.3 is 0 Å². The van der Waals surface area contributed by atoms with Crippen molar-refractivity contribution in [2.24, 2.45) is 0 Å². The molecule has 0 aliphatic rings. The molecule has 0 bridgehead atoms. The number of hydrogen-bond acceptors (Lipinski definition) is 5. The molecule has 1 aromatic heterocycles. The molecule has 5 nitrogen and oxygen atoms in total. The number of thiazole rings is 1. The Morgan fingerprint density at radius 3 is 2.50 bits per heavy atom. The molecular weight excluding hydrogens is 394 g/mol. The van der Waals surface area contributed by atoms with Crippen LogP contribution in [-0.4, -0.2) is 18.0 Å². The number of nitrogens with one attached hydrogen (secondary N) is 2. The molecule has 0 fully saturated rings. The van der Waals surface area contributed by atoms with E-state index in [4.69, 9.17) is 4.74 Å². The zero-order chi connectivity index (χ0) is 20.9. The number of ether oxygens (including phenoxy) is 1. The minimum atomic E-state index is -0.171. The van der Waals surface area contributed by atoms with E-state index in [1.54, 1.807) is 42.7 Å². The summed E-state index contributed by atoms with van der Waals surface area (Å²) in [5, 5.41) is 9.10. The zero-order valence-corrected chi connectivity index (χ0v) is 17.5. The summed E-state index contributed by atoms with van der Waals surface area (Å²) in [4.78, 5) is 17.2. The van der Waals surface area contributed by atoms with Crippen molar-refractivity contribution in [2.45, 2.75) is 6.92 Å². The van der Waals surface area contributed by atoms with Gasteiger partial charge in [0.25, 0.3) is 5.91 Å². The molecule has 3 aromatic carbocycles. The lowest BCUT2D eigenvalue weighted by molar-refractivity contribution is 0.102. The molecule has 0 radical (unpaired) electrons. The maximum absolute atomic E-state index is 12.5. The van der Waals surface area contributed by atoms with E-state index in [1.165, 1.54) is 5.56 Å². The maximum Gasteiger partial charge on any atom is 0.255 e. The lowest BCUT2D eigenvalue weighted by Gasteiger charge is -2.07. The molecule has 0 atom stereocenters. The highest BCUT2D eigenvalue weighted by Gasteiger charge is 2.09. The Bertz CT molecular complexity index is 1170. The Hall–Kier alpha value is -3.64. The maximum atomic E-state index is 12.5. The minimum Gasteiger partial charge on any atom is -0.497 e. The topological polar surface area (TPSA) is 63.2 Å². The largest absolute Gasteiger partial charge is 0.497 e. The molecule has 30 heavy (non-hydrogen) atoms. The van der Waals surface area contributed by atoms with Gasteiger partial charge in [-0.3, -0.25) is 4.79 Å². The molecule has 1 heterocycles. The Morgan fingerprint density at radius 1 is 0.967 bits per heavy atom. The summed E-state index contributed by atoms with van der Waals surface area (Å²) in [5.74, 6) is 0.544. The molecule has 6 heteroatoms. The first-order valence-corrected chi connectivity index (χ1v) is 10.3. The minimum absolute atomic E-state index is 0.171. The van der Waals surface area contributed by atoms with Gasteiger partial charge < -0.3 is 15.4 Å². The number of benzene rings is 3. The Morgan fingerprint density at radius 2 is 1.73 bits per heavy atom. The third kappa shape index (κ3) is 4.67. The lowest BCUT2D eigenvalue weighted by Crippen LogP contribution is -2.11. The monoisotopic (exact) mass is 415 g/mol. The van der Waals surface area contributed by atoms with Crippen LogP contribution in [0.5, 0.6) is 5.75 Å². The molecule has 150 valence electrons. The molecule has 0 saturated carbocycles. The Balaban J connectivity index is 1.48. The van der Waals surface area contributed by atoms with Gasteiger partial charge in [-0.2, -0.15) is 0 Å². The molecular formula is C24H21N3O2S. The van der Waals surface area contributed by atoms with Crippen LogP contribution in [0.1, 0.15) is 15.9 Å². The van der Waals surface area contributed by atoms with Crippen molar-refractivity contribution in [3.05, 3.63) is 89.3 Å². The third-order valence-electron chi connectivity index (χ3n) is 4.54. The average molecular weight is 416 g/mol. The number of amides is 1. The predicted molar refractivity (Wildman–Crippen MR) is 123 cm³/mol. The molecule has 0 unspecified atom stereocenters. The lowest BCUT2D eigenvalue weighted by atomic mass is 10.1. The van der Waals surface area contributed by atoms with Gasteiger partial charge in [0, 0.05) is 27.9 Å². The van der Waals surface area contributed by atoms with E-state index in [-0.39, 0.29) is 5.91 Å². The summed E-state index contributed by atoms with van der Waals surface area (Å²) >= 11 is 1.54. The summed E-state index contributed by atoms with van der Waals surface area (Å²) < 4.78 is 5.13. The number of carbonyl (C=O) groups excluding carboxylic acids is 1. The molecule has 2 N–H and O–H groups in total. The van der Waals surface area contributed by atoms with Crippen LogP contribution in [0.15, 0.2) is 78.2 Å². The summed E-state index contributed by atoms with van der Waals surface area (Å²) in [6, 6.07) is 22.9. The van der Waals surface area contributed by atoms with Crippen molar-refractivity contribution in [3.63, 3.8) is 0 Å². The number of rotatable bonds is 6. The van der Waals surface area contributed by atoms with Gasteiger partial charge in [-0.1, -0.05) is 24.3 Å². The van der Waals surface area contributed by atoms with Gasteiger partial charge in [-0.25, -0.2) is 4.98 Å². The SMILES string of the molecule is COc1ccc(C(=O)Nc2cccc(-c3csc(Nc4cccc(C)c4)n3)c2)cc1. The van der Waals surface area contributed by atoms with E-state index in [2.05, 4.69) is 34.7 Å². The van der Waals surface area contributed by atoms with Crippen molar-refractivity contribution >= 4 is 33.8 Å². The van der Waals surface area contributed by atoms with Crippen LogP contribution in [0, 0.1) is 6.92 Å². The normalized spacial score (nSPS) is 10.5.